The van der Waals surface area contributed by atoms with Gasteiger partial charge >= 0.3 is 0 Å². The van der Waals surface area contributed by atoms with E-state index in [1.807, 2.05) is 47.4 Å². The molecular weight excluding hydrogens is 360 g/mol. The van der Waals surface area contributed by atoms with Gasteiger partial charge in [0.25, 0.3) is 5.91 Å². The second kappa shape index (κ2) is 7.84. The van der Waals surface area contributed by atoms with Crippen molar-refractivity contribution in [3.8, 4) is 11.3 Å². The minimum atomic E-state index is -0.0706. The largest absolute Gasteiger partial charge is 0.337 e. The molecule has 2 aromatic heterocycles. The van der Waals surface area contributed by atoms with E-state index < -0.39 is 0 Å². The van der Waals surface area contributed by atoms with Crippen LogP contribution in [0.3, 0.4) is 0 Å². The molecule has 0 spiro atoms. The highest BCUT2D eigenvalue weighted by Crippen LogP contribution is 2.28. The predicted molar refractivity (Wildman–Crippen MR) is 105 cm³/mol. The molecule has 4 rings (SSSR count). The van der Waals surface area contributed by atoms with Gasteiger partial charge in [0.2, 0.25) is 0 Å². The van der Waals surface area contributed by atoms with Gasteiger partial charge in [0.05, 0.1) is 11.9 Å². The van der Waals surface area contributed by atoms with Crippen molar-refractivity contribution in [2.24, 2.45) is 0 Å². The van der Waals surface area contributed by atoms with E-state index in [-0.39, 0.29) is 11.8 Å². The van der Waals surface area contributed by atoms with Crippen molar-refractivity contribution in [3.63, 3.8) is 0 Å². The van der Waals surface area contributed by atoms with E-state index in [0.29, 0.717) is 17.3 Å². The number of piperidine rings is 1. The quantitative estimate of drug-likeness (QED) is 0.685. The van der Waals surface area contributed by atoms with Crippen LogP contribution >= 0.6 is 11.6 Å². The Morgan fingerprint density at radius 2 is 2.04 bits per heavy atom. The Bertz CT molecular complexity index is 948. The maximum Gasteiger partial charge on any atom is 0.274 e. The lowest BCUT2D eigenvalue weighted by molar-refractivity contribution is 0.0699. The number of benzene rings is 1. The maximum atomic E-state index is 12.7. The molecular formula is C21H19ClN4O. The molecule has 0 unspecified atom stereocenters. The Hall–Kier alpha value is -2.79. The van der Waals surface area contributed by atoms with Gasteiger partial charge in [-0.05, 0) is 37.1 Å². The van der Waals surface area contributed by atoms with E-state index in [4.69, 9.17) is 16.6 Å². The summed E-state index contributed by atoms with van der Waals surface area (Å²) in [6.07, 6.45) is 6.59. The lowest BCUT2D eigenvalue weighted by atomic mass is 9.93. The molecule has 3 aromatic rings. The Labute approximate surface area is 163 Å². The van der Waals surface area contributed by atoms with Crippen molar-refractivity contribution in [2.75, 3.05) is 13.1 Å². The third-order valence-corrected chi connectivity index (χ3v) is 5.04. The Kier molecular flexibility index (Phi) is 5.12. The van der Waals surface area contributed by atoms with Crippen LogP contribution in [0.25, 0.3) is 11.3 Å². The highest BCUT2D eigenvalue weighted by Gasteiger charge is 2.27. The van der Waals surface area contributed by atoms with Gasteiger partial charge in [-0.15, -0.1) is 0 Å². The Morgan fingerprint density at radius 3 is 2.85 bits per heavy atom. The molecule has 0 radical (unpaired) electrons. The third-order valence-electron chi connectivity index (χ3n) is 4.80. The van der Waals surface area contributed by atoms with Crippen LogP contribution in [0.5, 0.6) is 0 Å². The molecule has 27 heavy (non-hydrogen) atoms. The molecule has 5 nitrogen and oxygen atoms in total. The first-order valence-electron chi connectivity index (χ1n) is 8.99. The van der Waals surface area contributed by atoms with E-state index in [1.165, 1.54) is 6.20 Å². The summed E-state index contributed by atoms with van der Waals surface area (Å²) in [6, 6.07) is 13.7. The number of carbonyl (C=O) groups excluding carboxylic acids is 1. The first-order valence-corrected chi connectivity index (χ1v) is 9.37. The van der Waals surface area contributed by atoms with Crippen molar-refractivity contribution >= 4 is 17.5 Å². The van der Waals surface area contributed by atoms with Gasteiger partial charge in [-0.3, -0.25) is 14.8 Å². The fourth-order valence-electron chi connectivity index (χ4n) is 3.46. The zero-order valence-electron chi connectivity index (χ0n) is 14.8. The molecule has 1 aliphatic heterocycles. The van der Waals surface area contributed by atoms with Crippen LogP contribution in [0.1, 0.15) is 34.9 Å². The van der Waals surface area contributed by atoms with Crippen LogP contribution in [-0.2, 0) is 0 Å². The molecule has 136 valence electrons. The van der Waals surface area contributed by atoms with Gasteiger partial charge in [0.15, 0.2) is 0 Å². The van der Waals surface area contributed by atoms with Crippen LogP contribution < -0.4 is 0 Å². The number of nitrogens with zero attached hydrogens (tertiary/aromatic N) is 4. The normalized spacial score (nSPS) is 16.9. The SMILES string of the molecule is O=C(c1cnccn1)N1CCC[C@@H](c2cccc(-c3cccc(Cl)c3)n2)C1. The molecule has 0 bridgehead atoms. The highest BCUT2D eigenvalue weighted by molar-refractivity contribution is 6.30. The Balaban J connectivity index is 1.55. The number of likely N-dealkylation sites (tertiary alicyclic amines) is 1. The summed E-state index contributed by atoms with van der Waals surface area (Å²) in [5, 5.41) is 0.693. The zero-order valence-corrected chi connectivity index (χ0v) is 15.5. The van der Waals surface area contributed by atoms with Crippen molar-refractivity contribution in [1.29, 1.82) is 0 Å². The minimum Gasteiger partial charge on any atom is -0.337 e. The number of pyridine rings is 1. The summed E-state index contributed by atoms with van der Waals surface area (Å²) in [5.41, 5.74) is 3.28. The summed E-state index contributed by atoms with van der Waals surface area (Å²) in [7, 11) is 0. The van der Waals surface area contributed by atoms with Crippen LogP contribution in [0, 0.1) is 0 Å². The van der Waals surface area contributed by atoms with Gasteiger partial charge < -0.3 is 4.90 Å². The van der Waals surface area contributed by atoms with Crippen molar-refractivity contribution in [2.45, 2.75) is 18.8 Å². The molecule has 1 aliphatic rings. The number of hydrogen-bond donors (Lipinski definition) is 0. The van der Waals surface area contributed by atoms with E-state index in [9.17, 15) is 4.79 Å². The van der Waals surface area contributed by atoms with Crippen LogP contribution in [0.2, 0.25) is 5.02 Å². The maximum absolute atomic E-state index is 12.7. The van der Waals surface area contributed by atoms with Crippen molar-refractivity contribution in [3.05, 3.63) is 77.5 Å². The molecule has 1 atom stereocenters. The standard InChI is InChI=1S/C21H19ClN4O/c22-17-6-1-4-15(12-17)18-7-2-8-19(25-18)16-5-3-11-26(14-16)21(27)20-13-23-9-10-24-20/h1-2,4,6-10,12-13,16H,3,5,11,14H2/t16-/m1/s1. The van der Waals surface area contributed by atoms with Gasteiger partial charge in [0, 0.05) is 47.7 Å². The van der Waals surface area contributed by atoms with E-state index in [1.54, 1.807) is 12.4 Å². The number of aromatic nitrogens is 3. The van der Waals surface area contributed by atoms with Crippen molar-refractivity contribution in [1.82, 2.24) is 19.9 Å². The van der Waals surface area contributed by atoms with Crippen molar-refractivity contribution < 1.29 is 4.79 Å². The smallest absolute Gasteiger partial charge is 0.274 e. The van der Waals surface area contributed by atoms with E-state index >= 15 is 0 Å². The molecule has 1 aromatic carbocycles. The first-order chi connectivity index (χ1) is 13.2. The topological polar surface area (TPSA) is 59.0 Å². The van der Waals surface area contributed by atoms with Crippen LogP contribution in [0.4, 0.5) is 0 Å². The third kappa shape index (κ3) is 3.98. The molecule has 0 saturated carbocycles. The molecule has 0 N–H and O–H groups in total. The number of amides is 1. The van der Waals surface area contributed by atoms with Gasteiger partial charge in [0.1, 0.15) is 5.69 Å². The number of rotatable bonds is 3. The minimum absolute atomic E-state index is 0.0706. The number of halogens is 1. The molecule has 6 heteroatoms. The number of hydrogen-bond acceptors (Lipinski definition) is 4. The predicted octanol–water partition coefficient (Wildman–Crippen LogP) is 4.21. The van der Waals surface area contributed by atoms with Gasteiger partial charge in [-0.1, -0.05) is 29.8 Å². The summed E-state index contributed by atoms with van der Waals surface area (Å²) < 4.78 is 0. The monoisotopic (exact) mass is 378 g/mol. The lowest BCUT2D eigenvalue weighted by Crippen LogP contribution is -2.39. The summed E-state index contributed by atoms with van der Waals surface area (Å²) in [4.78, 5) is 27.5. The fourth-order valence-corrected chi connectivity index (χ4v) is 3.65. The average molecular weight is 379 g/mol. The van der Waals surface area contributed by atoms with Gasteiger partial charge in [-0.2, -0.15) is 0 Å². The van der Waals surface area contributed by atoms with E-state index in [2.05, 4.69) is 9.97 Å². The lowest BCUT2D eigenvalue weighted by Gasteiger charge is -2.32. The molecule has 1 saturated heterocycles. The molecule has 0 aliphatic carbocycles. The fraction of sp³-hybridized carbons (Fsp3) is 0.238. The van der Waals surface area contributed by atoms with E-state index in [0.717, 1.165) is 36.3 Å². The molecule has 1 amide bonds. The second-order valence-electron chi connectivity index (χ2n) is 6.64. The molecule has 3 heterocycles. The zero-order chi connectivity index (χ0) is 18.6. The summed E-state index contributed by atoms with van der Waals surface area (Å²) in [5.74, 6) is 0.136. The van der Waals surface area contributed by atoms with Crippen LogP contribution in [0.15, 0.2) is 61.1 Å². The summed E-state index contributed by atoms with van der Waals surface area (Å²) in [6.45, 7) is 1.38. The van der Waals surface area contributed by atoms with Crippen LogP contribution in [-0.4, -0.2) is 38.8 Å². The second-order valence-corrected chi connectivity index (χ2v) is 7.08. The first kappa shape index (κ1) is 17.6. The average Bonchev–Trinajstić information content (AvgIpc) is 2.74. The highest BCUT2D eigenvalue weighted by atomic mass is 35.5. The molecule has 1 fully saturated rings. The Morgan fingerprint density at radius 1 is 1.15 bits per heavy atom. The van der Waals surface area contributed by atoms with Gasteiger partial charge in [-0.25, -0.2) is 4.98 Å². The summed E-state index contributed by atoms with van der Waals surface area (Å²) >= 11 is 6.11. The number of carbonyl (C=O) groups is 1.